The van der Waals surface area contributed by atoms with Gasteiger partial charge in [0.2, 0.25) is 0 Å². The summed E-state index contributed by atoms with van der Waals surface area (Å²) >= 11 is 0. The van der Waals surface area contributed by atoms with Crippen molar-refractivity contribution in [1.82, 2.24) is 14.8 Å². The van der Waals surface area contributed by atoms with Gasteiger partial charge in [0.05, 0.1) is 12.2 Å². The van der Waals surface area contributed by atoms with E-state index in [2.05, 4.69) is 15.5 Å². The Kier molecular flexibility index (Phi) is 4.84. The molecule has 3 rings (SSSR count). The Morgan fingerprint density at radius 2 is 1.56 bits per heavy atom. The Bertz CT molecular complexity index is 856. The first-order chi connectivity index (χ1) is 12.2. The Balaban J connectivity index is 1.66. The van der Waals surface area contributed by atoms with Crippen LogP contribution in [-0.2, 0) is 4.74 Å². The number of carbonyl (C=O) groups is 2. The molecule has 1 aromatic heterocycles. The molecule has 7 nitrogen and oxygen atoms in total. The highest BCUT2D eigenvalue weighted by Gasteiger charge is 2.09. The lowest BCUT2D eigenvalue weighted by atomic mass is 10.1. The molecule has 1 heterocycles. The third-order valence-electron chi connectivity index (χ3n) is 3.50. The average molecular weight is 336 g/mol. The third-order valence-corrected chi connectivity index (χ3v) is 3.50. The number of hydrogen-bond donors (Lipinski definition) is 1. The van der Waals surface area contributed by atoms with E-state index in [1.807, 2.05) is 12.1 Å². The van der Waals surface area contributed by atoms with Crippen LogP contribution in [0.25, 0.3) is 5.69 Å². The molecule has 1 amide bonds. The summed E-state index contributed by atoms with van der Waals surface area (Å²) in [4.78, 5) is 23.9. The summed E-state index contributed by atoms with van der Waals surface area (Å²) in [6, 6.07) is 13.6. The molecular weight excluding hydrogens is 320 g/mol. The normalized spacial score (nSPS) is 10.3. The smallest absolute Gasteiger partial charge is 0.338 e. The average Bonchev–Trinajstić information content (AvgIpc) is 3.17. The molecule has 0 saturated heterocycles. The topological polar surface area (TPSA) is 86.1 Å². The molecule has 25 heavy (non-hydrogen) atoms. The number of esters is 1. The van der Waals surface area contributed by atoms with Crippen molar-refractivity contribution >= 4 is 17.6 Å². The van der Waals surface area contributed by atoms with Crippen molar-refractivity contribution in [3.05, 3.63) is 72.3 Å². The molecule has 0 saturated carbocycles. The van der Waals surface area contributed by atoms with Crippen LogP contribution < -0.4 is 5.32 Å². The number of hydrogen-bond acceptors (Lipinski definition) is 5. The van der Waals surface area contributed by atoms with Gasteiger partial charge in [-0.05, 0) is 55.5 Å². The lowest BCUT2D eigenvalue weighted by Gasteiger charge is -2.07. The zero-order valence-electron chi connectivity index (χ0n) is 13.5. The van der Waals surface area contributed by atoms with Crippen molar-refractivity contribution in [2.24, 2.45) is 0 Å². The van der Waals surface area contributed by atoms with E-state index in [1.54, 1.807) is 60.5 Å². The number of nitrogens with zero attached hydrogens (tertiary/aromatic N) is 3. The number of amides is 1. The fourth-order valence-electron chi connectivity index (χ4n) is 2.23. The van der Waals surface area contributed by atoms with Crippen LogP contribution in [0.3, 0.4) is 0 Å². The molecule has 0 aliphatic heterocycles. The molecule has 1 N–H and O–H groups in total. The van der Waals surface area contributed by atoms with Crippen LogP contribution in [0.15, 0.2) is 61.2 Å². The van der Waals surface area contributed by atoms with Gasteiger partial charge in [-0.25, -0.2) is 4.79 Å². The van der Waals surface area contributed by atoms with Crippen molar-refractivity contribution in [2.75, 3.05) is 11.9 Å². The molecule has 0 aliphatic carbocycles. The standard InChI is InChI=1S/C18H16N4O3/c1-2-25-18(24)14-3-7-15(8-4-14)21-17(23)13-5-9-16(10-6-13)22-11-19-20-12-22/h3-12H,2H2,1H3,(H,21,23). The molecule has 3 aromatic rings. The maximum Gasteiger partial charge on any atom is 0.338 e. The SMILES string of the molecule is CCOC(=O)c1ccc(NC(=O)c2ccc(-n3cnnc3)cc2)cc1. The predicted molar refractivity (Wildman–Crippen MR) is 91.7 cm³/mol. The molecule has 126 valence electrons. The number of nitrogens with one attached hydrogen (secondary N) is 1. The number of ether oxygens (including phenoxy) is 1. The zero-order valence-corrected chi connectivity index (χ0v) is 13.5. The highest BCUT2D eigenvalue weighted by molar-refractivity contribution is 6.04. The van der Waals surface area contributed by atoms with E-state index in [9.17, 15) is 9.59 Å². The van der Waals surface area contributed by atoms with Crippen molar-refractivity contribution in [1.29, 1.82) is 0 Å². The fraction of sp³-hybridized carbons (Fsp3) is 0.111. The molecular formula is C18H16N4O3. The summed E-state index contributed by atoms with van der Waals surface area (Å²) in [5.74, 6) is -0.621. The number of anilines is 1. The van der Waals surface area contributed by atoms with Gasteiger partial charge in [0.15, 0.2) is 0 Å². The Morgan fingerprint density at radius 1 is 0.960 bits per heavy atom. The molecule has 0 radical (unpaired) electrons. The molecule has 0 aliphatic rings. The minimum absolute atomic E-state index is 0.237. The summed E-state index contributed by atoms with van der Waals surface area (Å²) in [5.41, 5.74) is 2.42. The van der Waals surface area contributed by atoms with Crippen molar-refractivity contribution in [3.63, 3.8) is 0 Å². The number of benzene rings is 2. The molecule has 0 fully saturated rings. The summed E-state index contributed by atoms with van der Waals surface area (Å²) in [5, 5.41) is 10.3. The van der Waals surface area contributed by atoms with Gasteiger partial charge in [-0.1, -0.05) is 0 Å². The van der Waals surface area contributed by atoms with Crippen LogP contribution in [0.2, 0.25) is 0 Å². The first kappa shape index (κ1) is 16.4. The molecule has 0 atom stereocenters. The Hall–Kier alpha value is -3.48. The van der Waals surface area contributed by atoms with E-state index in [-0.39, 0.29) is 11.9 Å². The predicted octanol–water partition coefficient (Wildman–Crippen LogP) is 2.70. The first-order valence-electron chi connectivity index (χ1n) is 7.71. The minimum Gasteiger partial charge on any atom is -0.462 e. The van der Waals surface area contributed by atoms with Crippen LogP contribution in [0.1, 0.15) is 27.6 Å². The van der Waals surface area contributed by atoms with Crippen LogP contribution in [0.4, 0.5) is 5.69 Å². The van der Waals surface area contributed by atoms with Crippen LogP contribution in [-0.4, -0.2) is 33.2 Å². The van der Waals surface area contributed by atoms with E-state index >= 15 is 0 Å². The molecule has 7 heteroatoms. The van der Waals surface area contributed by atoms with Crippen LogP contribution in [0.5, 0.6) is 0 Å². The van der Waals surface area contributed by atoms with Crippen molar-refractivity contribution in [2.45, 2.75) is 6.92 Å². The van der Waals surface area contributed by atoms with Gasteiger partial charge in [0.1, 0.15) is 12.7 Å². The second kappa shape index (κ2) is 7.39. The van der Waals surface area contributed by atoms with E-state index in [4.69, 9.17) is 4.74 Å². The summed E-state index contributed by atoms with van der Waals surface area (Å²) in [6.07, 6.45) is 3.17. The maximum absolute atomic E-state index is 12.3. The summed E-state index contributed by atoms with van der Waals surface area (Å²) in [6.45, 7) is 2.07. The number of rotatable bonds is 5. The van der Waals surface area contributed by atoms with Gasteiger partial charge < -0.3 is 10.1 Å². The van der Waals surface area contributed by atoms with Gasteiger partial charge in [0, 0.05) is 16.9 Å². The van der Waals surface area contributed by atoms with E-state index < -0.39 is 0 Å². The first-order valence-corrected chi connectivity index (χ1v) is 7.71. The maximum atomic E-state index is 12.3. The lowest BCUT2D eigenvalue weighted by Crippen LogP contribution is -2.12. The van der Waals surface area contributed by atoms with Crippen molar-refractivity contribution in [3.8, 4) is 5.69 Å². The second-order valence-electron chi connectivity index (χ2n) is 5.17. The number of carbonyl (C=O) groups excluding carboxylic acids is 2. The second-order valence-corrected chi connectivity index (χ2v) is 5.17. The monoisotopic (exact) mass is 336 g/mol. The van der Waals surface area contributed by atoms with E-state index in [0.29, 0.717) is 23.4 Å². The van der Waals surface area contributed by atoms with Crippen LogP contribution in [0, 0.1) is 0 Å². The largest absolute Gasteiger partial charge is 0.462 e. The lowest BCUT2D eigenvalue weighted by molar-refractivity contribution is 0.0526. The van der Waals surface area contributed by atoms with Gasteiger partial charge in [-0.2, -0.15) is 0 Å². The van der Waals surface area contributed by atoms with Crippen molar-refractivity contribution < 1.29 is 14.3 Å². The zero-order chi connectivity index (χ0) is 17.6. The van der Waals surface area contributed by atoms with Crippen LogP contribution >= 0.6 is 0 Å². The summed E-state index contributed by atoms with van der Waals surface area (Å²) < 4.78 is 6.67. The molecule has 0 spiro atoms. The highest BCUT2D eigenvalue weighted by atomic mass is 16.5. The third kappa shape index (κ3) is 3.89. The van der Waals surface area contributed by atoms with Gasteiger partial charge >= 0.3 is 5.97 Å². The number of aromatic nitrogens is 3. The van der Waals surface area contributed by atoms with Gasteiger partial charge in [0.25, 0.3) is 5.91 Å². The van der Waals surface area contributed by atoms with Gasteiger partial charge in [-0.3, -0.25) is 9.36 Å². The fourth-order valence-corrected chi connectivity index (χ4v) is 2.23. The Morgan fingerprint density at radius 3 is 2.16 bits per heavy atom. The minimum atomic E-state index is -0.384. The summed E-state index contributed by atoms with van der Waals surface area (Å²) in [7, 11) is 0. The van der Waals surface area contributed by atoms with E-state index in [1.165, 1.54) is 0 Å². The molecule has 0 unspecified atom stereocenters. The van der Waals surface area contributed by atoms with Gasteiger partial charge in [-0.15, -0.1) is 10.2 Å². The van der Waals surface area contributed by atoms with E-state index in [0.717, 1.165) is 5.69 Å². The quantitative estimate of drug-likeness (QED) is 0.724. The molecule has 0 bridgehead atoms. The molecule has 2 aromatic carbocycles. The highest BCUT2D eigenvalue weighted by Crippen LogP contribution is 2.14. The Labute approximate surface area is 144 Å².